The Labute approximate surface area is 119 Å². The Morgan fingerprint density at radius 2 is 2.42 bits per heavy atom. The lowest BCUT2D eigenvalue weighted by molar-refractivity contribution is 0.0206. The molecule has 1 fully saturated rings. The van der Waals surface area contributed by atoms with Crippen LogP contribution in [0.5, 0.6) is 0 Å². The molecular weight excluding hydrogens is 266 g/mol. The van der Waals surface area contributed by atoms with Crippen molar-refractivity contribution in [1.29, 1.82) is 0 Å². The largest absolute Gasteiger partial charge is 0.373 e. The van der Waals surface area contributed by atoms with Crippen molar-refractivity contribution < 1.29 is 9.53 Å². The number of nitrogens with two attached hydrogens (primary N) is 1. The van der Waals surface area contributed by atoms with E-state index in [0.29, 0.717) is 24.3 Å². The van der Waals surface area contributed by atoms with Gasteiger partial charge in [-0.3, -0.25) is 9.78 Å². The summed E-state index contributed by atoms with van der Waals surface area (Å²) in [5.41, 5.74) is 6.58. The maximum atomic E-state index is 12.0. The van der Waals surface area contributed by atoms with Crippen molar-refractivity contribution in [3.63, 3.8) is 0 Å². The predicted octanol–water partition coefficient (Wildman–Crippen LogP) is 1.26. The number of hydrogen-bond acceptors (Lipinski definition) is 4. The molecule has 0 bridgehead atoms. The summed E-state index contributed by atoms with van der Waals surface area (Å²) in [5, 5.41) is 2.90. The quantitative estimate of drug-likeness (QED) is 0.873. The van der Waals surface area contributed by atoms with Crippen LogP contribution < -0.4 is 11.1 Å². The molecule has 1 aromatic heterocycles. The van der Waals surface area contributed by atoms with Gasteiger partial charge in [0.2, 0.25) is 0 Å². The molecule has 1 saturated heterocycles. The van der Waals surface area contributed by atoms with Crippen LogP contribution in [0.3, 0.4) is 0 Å². The number of carbonyl (C=O) groups excluding carboxylic acids is 1. The molecule has 0 aliphatic carbocycles. The van der Waals surface area contributed by atoms with Crippen molar-refractivity contribution in [2.45, 2.75) is 31.9 Å². The van der Waals surface area contributed by atoms with Gasteiger partial charge in [-0.1, -0.05) is 0 Å². The van der Waals surface area contributed by atoms with Crippen LogP contribution in [0.25, 0.3) is 0 Å². The Hall–Kier alpha value is -1.17. The van der Waals surface area contributed by atoms with Crippen molar-refractivity contribution >= 4 is 18.3 Å². The SMILES string of the molecule is CC1(CNC(=O)c2ccnc(CN)c2)CCCO1.Cl. The van der Waals surface area contributed by atoms with Crippen molar-refractivity contribution in [2.24, 2.45) is 5.73 Å². The van der Waals surface area contributed by atoms with Gasteiger partial charge in [-0.2, -0.15) is 0 Å². The van der Waals surface area contributed by atoms with Crippen molar-refractivity contribution in [1.82, 2.24) is 10.3 Å². The van der Waals surface area contributed by atoms with Gasteiger partial charge in [-0.25, -0.2) is 0 Å². The summed E-state index contributed by atoms with van der Waals surface area (Å²) in [4.78, 5) is 16.0. The van der Waals surface area contributed by atoms with E-state index < -0.39 is 0 Å². The monoisotopic (exact) mass is 285 g/mol. The Kier molecular flexibility index (Phi) is 5.72. The number of aromatic nitrogens is 1. The fraction of sp³-hybridized carbons (Fsp3) is 0.538. The molecule has 1 aliphatic heterocycles. The first kappa shape index (κ1) is 15.9. The molecule has 6 heteroatoms. The van der Waals surface area contributed by atoms with Crippen molar-refractivity contribution in [3.8, 4) is 0 Å². The highest BCUT2D eigenvalue weighted by atomic mass is 35.5. The minimum Gasteiger partial charge on any atom is -0.373 e. The standard InChI is InChI=1S/C13H19N3O2.ClH/c1-13(4-2-6-18-13)9-16-12(17)10-3-5-15-11(7-10)8-14;/h3,5,7H,2,4,6,8-9,14H2,1H3,(H,16,17);1H. The van der Waals surface area contributed by atoms with E-state index in [9.17, 15) is 4.79 Å². The van der Waals surface area contributed by atoms with E-state index in [1.54, 1.807) is 18.3 Å². The maximum absolute atomic E-state index is 12.0. The third-order valence-corrected chi connectivity index (χ3v) is 3.21. The zero-order valence-corrected chi connectivity index (χ0v) is 11.8. The molecule has 1 atom stereocenters. The summed E-state index contributed by atoms with van der Waals surface area (Å²) in [6, 6.07) is 3.40. The van der Waals surface area contributed by atoms with Crippen LogP contribution in [0.4, 0.5) is 0 Å². The number of pyridine rings is 1. The van der Waals surface area contributed by atoms with Crippen LogP contribution in [-0.2, 0) is 11.3 Å². The number of hydrogen-bond donors (Lipinski definition) is 2. The summed E-state index contributed by atoms with van der Waals surface area (Å²) in [5.74, 6) is -0.108. The fourth-order valence-electron chi connectivity index (χ4n) is 2.08. The molecule has 1 amide bonds. The minimum atomic E-state index is -0.223. The topological polar surface area (TPSA) is 77.2 Å². The van der Waals surface area contributed by atoms with E-state index in [1.807, 2.05) is 6.92 Å². The van der Waals surface area contributed by atoms with Crippen LogP contribution in [0.15, 0.2) is 18.3 Å². The molecule has 0 aromatic carbocycles. The van der Waals surface area contributed by atoms with Crippen molar-refractivity contribution in [2.75, 3.05) is 13.2 Å². The number of ether oxygens (including phenoxy) is 1. The lowest BCUT2D eigenvalue weighted by Gasteiger charge is -2.23. The van der Waals surface area contributed by atoms with E-state index in [-0.39, 0.29) is 23.9 Å². The van der Waals surface area contributed by atoms with E-state index in [1.165, 1.54) is 0 Å². The molecule has 1 unspecified atom stereocenters. The summed E-state index contributed by atoms with van der Waals surface area (Å²) < 4.78 is 5.62. The highest BCUT2D eigenvalue weighted by Crippen LogP contribution is 2.23. The molecule has 3 N–H and O–H groups in total. The molecule has 0 saturated carbocycles. The van der Waals surface area contributed by atoms with E-state index in [0.717, 1.165) is 19.4 Å². The first-order chi connectivity index (χ1) is 8.63. The lowest BCUT2D eigenvalue weighted by atomic mass is 10.0. The summed E-state index contributed by atoms with van der Waals surface area (Å²) in [7, 11) is 0. The highest BCUT2D eigenvalue weighted by molar-refractivity contribution is 5.94. The summed E-state index contributed by atoms with van der Waals surface area (Å²) >= 11 is 0. The minimum absolute atomic E-state index is 0. The van der Waals surface area contributed by atoms with Gasteiger partial charge >= 0.3 is 0 Å². The summed E-state index contributed by atoms with van der Waals surface area (Å²) in [6.45, 7) is 3.67. The van der Waals surface area contributed by atoms with Crippen LogP contribution in [-0.4, -0.2) is 29.6 Å². The molecule has 106 valence electrons. The summed E-state index contributed by atoms with van der Waals surface area (Å²) in [6.07, 6.45) is 3.64. The van der Waals surface area contributed by atoms with Gasteiger partial charge in [-0.05, 0) is 31.9 Å². The Balaban J connectivity index is 0.00000180. The lowest BCUT2D eigenvalue weighted by Crippen LogP contribution is -2.40. The molecule has 1 aliphatic rings. The van der Waals surface area contributed by atoms with Crippen LogP contribution in [0.2, 0.25) is 0 Å². The number of halogens is 1. The molecular formula is C13H20ClN3O2. The third-order valence-electron chi connectivity index (χ3n) is 3.21. The first-order valence-corrected chi connectivity index (χ1v) is 6.20. The molecule has 1 aromatic rings. The second-order valence-corrected chi connectivity index (χ2v) is 4.82. The molecule has 2 heterocycles. The molecule has 0 spiro atoms. The average molecular weight is 286 g/mol. The van der Waals surface area contributed by atoms with E-state index >= 15 is 0 Å². The van der Waals surface area contributed by atoms with Gasteiger partial charge in [0.1, 0.15) is 0 Å². The average Bonchev–Trinajstić information content (AvgIpc) is 2.83. The first-order valence-electron chi connectivity index (χ1n) is 6.20. The fourth-order valence-corrected chi connectivity index (χ4v) is 2.08. The number of rotatable bonds is 4. The zero-order chi connectivity index (χ0) is 13.0. The van der Waals surface area contributed by atoms with Crippen LogP contribution in [0.1, 0.15) is 35.8 Å². The number of amides is 1. The normalized spacial score (nSPS) is 21.8. The second kappa shape index (κ2) is 6.84. The third kappa shape index (κ3) is 4.16. The highest BCUT2D eigenvalue weighted by Gasteiger charge is 2.30. The van der Waals surface area contributed by atoms with Gasteiger partial charge in [0, 0.05) is 31.5 Å². The molecule has 2 rings (SSSR count). The second-order valence-electron chi connectivity index (χ2n) is 4.82. The van der Waals surface area contributed by atoms with Gasteiger partial charge in [0.05, 0.1) is 11.3 Å². The maximum Gasteiger partial charge on any atom is 0.251 e. The van der Waals surface area contributed by atoms with Gasteiger partial charge in [-0.15, -0.1) is 12.4 Å². The smallest absolute Gasteiger partial charge is 0.251 e. The number of nitrogens with zero attached hydrogens (tertiary/aromatic N) is 1. The molecule has 19 heavy (non-hydrogen) atoms. The van der Waals surface area contributed by atoms with E-state index in [2.05, 4.69) is 10.3 Å². The van der Waals surface area contributed by atoms with Crippen molar-refractivity contribution in [3.05, 3.63) is 29.6 Å². The van der Waals surface area contributed by atoms with Gasteiger partial charge in [0.15, 0.2) is 0 Å². The molecule has 5 nitrogen and oxygen atoms in total. The van der Waals surface area contributed by atoms with Gasteiger partial charge in [0.25, 0.3) is 5.91 Å². The van der Waals surface area contributed by atoms with Crippen LogP contribution in [0, 0.1) is 0 Å². The predicted molar refractivity (Wildman–Crippen MR) is 75.3 cm³/mol. The zero-order valence-electron chi connectivity index (χ0n) is 11.0. The Morgan fingerprint density at radius 1 is 1.63 bits per heavy atom. The van der Waals surface area contributed by atoms with Crippen LogP contribution >= 0.6 is 12.4 Å². The Morgan fingerprint density at radius 3 is 3.05 bits per heavy atom. The number of nitrogens with one attached hydrogen (secondary N) is 1. The number of carbonyl (C=O) groups is 1. The Bertz CT molecular complexity index is 434. The van der Waals surface area contributed by atoms with Gasteiger partial charge < -0.3 is 15.8 Å². The molecule has 0 radical (unpaired) electrons. The van der Waals surface area contributed by atoms with E-state index in [4.69, 9.17) is 10.5 Å².